The van der Waals surface area contributed by atoms with Crippen molar-refractivity contribution in [3.8, 4) is 0 Å². The highest BCUT2D eigenvalue weighted by Gasteiger charge is 2.35. The van der Waals surface area contributed by atoms with Crippen LogP contribution in [0.5, 0.6) is 0 Å². The second-order valence-electron chi connectivity index (χ2n) is 10.1. The number of fused-ring (bicyclic) bond motifs is 2. The predicted octanol–water partition coefficient (Wildman–Crippen LogP) is 3.08. The highest BCUT2D eigenvalue weighted by molar-refractivity contribution is 5.80. The topological polar surface area (TPSA) is 101 Å². The standard InChI is InChI=1S/C23H31N7O2/c1-23(2,3)16-4-5-18-17(12-16)22(32-28-18)15-8-10-29(11-9-15)21(31)13-24-19-6-7-20-26-25-14-30(20)27-19/h6-7,14-16H,4-5,8-13H2,1-3H3,(H,24,27)/t16-/m0/s1. The van der Waals surface area contributed by atoms with E-state index in [1.54, 1.807) is 16.9 Å². The monoisotopic (exact) mass is 437 g/mol. The van der Waals surface area contributed by atoms with Crippen molar-refractivity contribution in [2.75, 3.05) is 25.0 Å². The first-order valence-electron chi connectivity index (χ1n) is 11.5. The molecule has 1 N–H and O–H groups in total. The molecule has 9 heteroatoms. The lowest BCUT2D eigenvalue weighted by atomic mass is 9.71. The van der Waals surface area contributed by atoms with E-state index in [1.165, 1.54) is 12.0 Å². The number of carbonyl (C=O) groups excluding carboxylic acids is 1. The lowest BCUT2D eigenvalue weighted by Gasteiger charge is -2.35. The second-order valence-corrected chi connectivity index (χ2v) is 10.1. The van der Waals surface area contributed by atoms with Gasteiger partial charge < -0.3 is 14.7 Å². The van der Waals surface area contributed by atoms with Crippen LogP contribution in [0.15, 0.2) is 23.0 Å². The first-order valence-corrected chi connectivity index (χ1v) is 11.5. The summed E-state index contributed by atoms with van der Waals surface area (Å²) in [6.45, 7) is 8.68. The van der Waals surface area contributed by atoms with Gasteiger partial charge in [-0.15, -0.1) is 15.3 Å². The van der Waals surface area contributed by atoms with Crippen LogP contribution in [-0.4, -0.2) is 55.4 Å². The molecule has 0 radical (unpaired) electrons. The summed E-state index contributed by atoms with van der Waals surface area (Å²) in [5.74, 6) is 2.79. The van der Waals surface area contributed by atoms with E-state index in [1.807, 2.05) is 11.0 Å². The summed E-state index contributed by atoms with van der Waals surface area (Å²) in [5, 5.41) is 19.6. The van der Waals surface area contributed by atoms with Crippen LogP contribution in [0.25, 0.3) is 5.65 Å². The van der Waals surface area contributed by atoms with Crippen molar-refractivity contribution >= 4 is 17.4 Å². The number of piperidine rings is 1. The van der Waals surface area contributed by atoms with E-state index in [4.69, 9.17) is 4.52 Å². The molecule has 0 saturated carbocycles. The molecule has 0 aromatic carbocycles. The molecule has 5 rings (SSSR count). The largest absolute Gasteiger partial charge is 0.361 e. The van der Waals surface area contributed by atoms with E-state index >= 15 is 0 Å². The van der Waals surface area contributed by atoms with Crippen molar-refractivity contribution in [1.82, 2.24) is 29.9 Å². The molecule has 1 aliphatic heterocycles. The van der Waals surface area contributed by atoms with Crippen molar-refractivity contribution in [2.45, 2.75) is 58.8 Å². The van der Waals surface area contributed by atoms with E-state index in [0.29, 0.717) is 28.7 Å². The Morgan fingerprint density at radius 2 is 2.03 bits per heavy atom. The Morgan fingerprint density at radius 3 is 2.81 bits per heavy atom. The third kappa shape index (κ3) is 4.08. The van der Waals surface area contributed by atoms with Gasteiger partial charge >= 0.3 is 0 Å². The zero-order valence-corrected chi connectivity index (χ0v) is 19.0. The zero-order valence-electron chi connectivity index (χ0n) is 19.0. The fraction of sp³-hybridized carbons (Fsp3) is 0.609. The summed E-state index contributed by atoms with van der Waals surface area (Å²) in [6, 6.07) is 3.63. The van der Waals surface area contributed by atoms with Gasteiger partial charge in [-0.1, -0.05) is 25.9 Å². The van der Waals surface area contributed by atoms with Crippen LogP contribution in [-0.2, 0) is 17.6 Å². The number of likely N-dealkylation sites (tertiary alicyclic amines) is 1. The zero-order chi connectivity index (χ0) is 22.3. The first-order chi connectivity index (χ1) is 15.4. The number of hydrogen-bond acceptors (Lipinski definition) is 7. The van der Waals surface area contributed by atoms with Gasteiger partial charge in [0.1, 0.15) is 17.9 Å². The Hall–Kier alpha value is -2.97. The van der Waals surface area contributed by atoms with Gasteiger partial charge in [0.25, 0.3) is 0 Å². The van der Waals surface area contributed by atoms with Crippen LogP contribution in [0.3, 0.4) is 0 Å². The van der Waals surface area contributed by atoms with Crippen LogP contribution >= 0.6 is 0 Å². The van der Waals surface area contributed by atoms with Crippen molar-refractivity contribution in [1.29, 1.82) is 0 Å². The van der Waals surface area contributed by atoms with E-state index in [2.05, 4.69) is 46.5 Å². The number of rotatable bonds is 4. The van der Waals surface area contributed by atoms with Crippen molar-refractivity contribution in [3.63, 3.8) is 0 Å². The van der Waals surface area contributed by atoms with Crippen LogP contribution in [0.1, 0.15) is 63.0 Å². The van der Waals surface area contributed by atoms with Gasteiger partial charge in [-0.05, 0) is 55.6 Å². The SMILES string of the molecule is CC(C)(C)[C@H]1CCc2noc(C3CCN(C(=O)CNc4ccc5nncn5n4)CC3)c2C1. The molecule has 1 aliphatic carbocycles. The normalized spacial score (nSPS) is 19.8. The minimum atomic E-state index is 0.0847. The van der Waals surface area contributed by atoms with Gasteiger partial charge in [-0.3, -0.25) is 4.79 Å². The van der Waals surface area contributed by atoms with Crippen LogP contribution in [0, 0.1) is 11.3 Å². The fourth-order valence-electron chi connectivity index (χ4n) is 4.98. The molecule has 1 saturated heterocycles. The molecule has 9 nitrogen and oxygen atoms in total. The maximum absolute atomic E-state index is 12.7. The molecule has 1 amide bonds. The lowest BCUT2D eigenvalue weighted by Crippen LogP contribution is -2.41. The Balaban J connectivity index is 1.17. The molecular weight excluding hydrogens is 406 g/mol. The smallest absolute Gasteiger partial charge is 0.241 e. The summed E-state index contributed by atoms with van der Waals surface area (Å²) in [4.78, 5) is 14.7. The van der Waals surface area contributed by atoms with Gasteiger partial charge in [-0.25, -0.2) is 0 Å². The third-order valence-corrected chi connectivity index (χ3v) is 7.11. The molecule has 32 heavy (non-hydrogen) atoms. The number of amides is 1. The second kappa shape index (κ2) is 8.18. The fourth-order valence-corrected chi connectivity index (χ4v) is 4.98. The van der Waals surface area contributed by atoms with Gasteiger partial charge in [0.15, 0.2) is 5.65 Å². The van der Waals surface area contributed by atoms with Gasteiger partial charge in [0.05, 0.1) is 12.2 Å². The number of anilines is 1. The summed E-state index contributed by atoms with van der Waals surface area (Å²) in [7, 11) is 0. The minimum absolute atomic E-state index is 0.0847. The van der Waals surface area contributed by atoms with Crippen molar-refractivity contribution < 1.29 is 9.32 Å². The number of nitrogens with one attached hydrogen (secondary N) is 1. The maximum Gasteiger partial charge on any atom is 0.241 e. The molecule has 4 heterocycles. The summed E-state index contributed by atoms with van der Waals surface area (Å²) in [5.41, 5.74) is 3.47. The summed E-state index contributed by atoms with van der Waals surface area (Å²) >= 11 is 0. The highest BCUT2D eigenvalue weighted by Crippen LogP contribution is 2.41. The van der Waals surface area contributed by atoms with Gasteiger partial charge in [0, 0.05) is 24.6 Å². The molecule has 3 aromatic heterocycles. The van der Waals surface area contributed by atoms with Crippen molar-refractivity contribution in [2.24, 2.45) is 11.3 Å². The molecular formula is C23H31N7O2. The third-order valence-electron chi connectivity index (χ3n) is 7.11. The van der Waals surface area contributed by atoms with Crippen LogP contribution in [0.2, 0.25) is 0 Å². The predicted molar refractivity (Wildman–Crippen MR) is 119 cm³/mol. The molecule has 2 aliphatic rings. The van der Waals surface area contributed by atoms with Crippen molar-refractivity contribution in [3.05, 3.63) is 35.5 Å². The molecule has 0 bridgehead atoms. The van der Waals surface area contributed by atoms with Gasteiger partial charge in [-0.2, -0.15) is 4.52 Å². The van der Waals surface area contributed by atoms with E-state index in [-0.39, 0.29) is 12.5 Å². The summed E-state index contributed by atoms with van der Waals surface area (Å²) < 4.78 is 7.44. The van der Waals surface area contributed by atoms with Crippen LogP contribution < -0.4 is 5.32 Å². The highest BCUT2D eigenvalue weighted by atomic mass is 16.5. The Labute approximate surface area is 187 Å². The quantitative estimate of drug-likeness (QED) is 0.669. The number of hydrogen-bond donors (Lipinski definition) is 1. The van der Waals surface area contributed by atoms with E-state index in [9.17, 15) is 4.79 Å². The minimum Gasteiger partial charge on any atom is -0.361 e. The lowest BCUT2D eigenvalue weighted by molar-refractivity contribution is -0.130. The van der Waals surface area contributed by atoms with Gasteiger partial charge in [0.2, 0.25) is 5.91 Å². The molecule has 0 spiro atoms. The number of aryl methyl sites for hydroxylation is 1. The molecule has 0 unspecified atom stereocenters. The average Bonchev–Trinajstić information content (AvgIpc) is 3.43. The molecule has 1 fully saturated rings. The number of aromatic nitrogens is 5. The van der Waals surface area contributed by atoms with Crippen LogP contribution in [0.4, 0.5) is 5.82 Å². The molecule has 170 valence electrons. The number of nitrogens with zero attached hydrogens (tertiary/aromatic N) is 6. The number of carbonyl (C=O) groups is 1. The van der Waals surface area contributed by atoms with E-state index in [0.717, 1.165) is 50.2 Å². The Morgan fingerprint density at radius 1 is 1.22 bits per heavy atom. The Bertz CT molecular complexity index is 1110. The first kappa shape index (κ1) is 20.9. The van der Waals surface area contributed by atoms with E-state index < -0.39 is 0 Å². The molecule has 1 atom stereocenters. The maximum atomic E-state index is 12.7. The molecule has 3 aromatic rings. The summed E-state index contributed by atoms with van der Waals surface area (Å²) in [6.07, 6.45) is 6.63. The average molecular weight is 438 g/mol. The Kier molecular flexibility index (Phi) is 5.35.